The van der Waals surface area contributed by atoms with E-state index in [0.717, 1.165) is 31.5 Å². The largest absolute Gasteiger partial charge is 0.376 e. The van der Waals surface area contributed by atoms with Gasteiger partial charge >= 0.3 is 0 Å². The van der Waals surface area contributed by atoms with Crippen LogP contribution in [-0.2, 0) is 16.1 Å². The molecule has 1 amide bonds. The lowest BCUT2D eigenvalue weighted by Gasteiger charge is -2.32. The number of nitrogens with zero attached hydrogens (tertiary/aromatic N) is 2. The fraction of sp³-hybridized carbons (Fsp3) is 0.500. The summed E-state index contributed by atoms with van der Waals surface area (Å²) in [6.45, 7) is 2.74. The number of hydrogen-bond acceptors (Lipinski definition) is 4. The Hall–Kier alpha value is -1.61. The van der Waals surface area contributed by atoms with Crippen molar-refractivity contribution in [2.75, 3.05) is 26.2 Å². The van der Waals surface area contributed by atoms with Gasteiger partial charge in [-0.05, 0) is 36.5 Å². The van der Waals surface area contributed by atoms with Crippen LogP contribution in [0.5, 0.6) is 0 Å². The highest BCUT2D eigenvalue weighted by Crippen LogP contribution is 2.17. The third-order valence-corrected chi connectivity index (χ3v) is 3.72. The van der Waals surface area contributed by atoms with E-state index in [1.54, 1.807) is 6.07 Å². The minimum atomic E-state index is 0. The van der Waals surface area contributed by atoms with Crippen molar-refractivity contribution in [3.63, 3.8) is 0 Å². The molecule has 22 heavy (non-hydrogen) atoms. The number of carbonyl (C=O) groups excluding carboxylic acids is 1. The van der Waals surface area contributed by atoms with E-state index in [4.69, 9.17) is 15.7 Å². The maximum absolute atomic E-state index is 11.6. The lowest BCUT2D eigenvalue weighted by Crippen LogP contribution is -2.43. The SMILES string of the molecule is Cl.N#Cc1cccc(COCC2CCCN(C(=O)CN)C2)c1. The number of halogens is 1. The van der Waals surface area contributed by atoms with Crippen LogP contribution in [0.4, 0.5) is 0 Å². The van der Waals surface area contributed by atoms with E-state index in [-0.39, 0.29) is 24.9 Å². The monoisotopic (exact) mass is 323 g/mol. The second kappa shape index (κ2) is 9.42. The van der Waals surface area contributed by atoms with Crippen LogP contribution in [0, 0.1) is 17.2 Å². The molecule has 120 valence electrons. The number of piperidine rings is 1. The Kier molecular flexibility index (Phi) is 7.89. The zero-order chi connectivity index (χ0) is 15.1. The van der Waals surface area contributed by atoms with Gasteiger partial charge in [-0.15, -0.1) is 12.4 Å². The van der Waals surface area contributed by atoms with Gasteiger partial charge in [-0.1, -0.05) is 12.1 Å². The number of nitrogens with two attached hydrogens (primary N) is 1. The summed E-state index contributed by atoms with van der Waals surface area (Å²) in [4.78, 5) is 13.4. The van der Waals surface area contributed by atoms with Crippen LogP contribution in [0.15, 0.2) is 24.3 Å². The van der Waals surface area contributed by atoms with Gasteiger partial charge in [-0.2, -0.15) is 5.26 Å². The average molecular weight is 324 g/mol. The van der Waals surface area contributed by atoms with Crippen LogP contribution in [0.2, 0.25) is 0 Å². The van der Waals surface area contributed by atoms with Gasteiger partial charge in [0.05, 0.1) is 31.4 Å². The van der Waals surface area contributed by atoms with Crippen LogP contribution >= 0.6 is 12.4 Å². The number of ether oxygens (including phenoxy) is 1. The molecule has 1 atom stereocenters. The summed E-state index contributed by atoms with van der Waals surface area (Å²) in [5, 5.41) is 8.86. The van der Waals surface area contributed by atoms with E-state index < -0.39 is 0 Å². The molecule has 0 radical (unpaired) electrons. The minimum absolute atomic E-state index is 0. The summed E-state index contributed by atoms with van der Waals surface area (Å²) in [6.07, 6.45) is 2.08. The summed E-state index contributed by atoms with van der Waals surface area (Å²) < 4.78 is 5.74. The van der Waals surface area contributed by atoms with E-state index in [9.17, 15) is 4.79 Å². The fourth-order valence-electron chi connectivity index (χ4n) is 2.63. The van der Waals surface area contributed by atoms with E-state index in [0.29, 0.717) is 24.7 Å². The zero-order valence-corrected chi connectivity index (χ0v) is 13.3. The molecular formula is C16H22ClN3O2. The lowest BCUT2D eigenvalue weighted by molar-refractivity contribution is -0.132. The highest BCUT2D eigenvalue weighted by molar-refractivity contribution is 5.85. The van der Waals surface area contributed by atoms with Gasteiger partial charge in [-0.25, -0.2) is 0 Å². The molecule has 1 aliphatic rings. The topological polar surface area (TPSA) is 79.3 Å². The van der Waals surface area contributed by atoms with Crippen molar-refractivity contribution in [1.82, 2.24) is 4.90 Å². The fourth-order valence-corrected chi connectivity index (χ4v) is 2.63. The second-order valence-corrected chi connectivity index (χ2v) is 5.38. The minimum Gasteiger partial charge on any atom is -0.376 e. The number of likely N-dealkylation sites (tertiary alicyclic amines) is 1. The number of nitriles is 1. The van der Waals surface area contributed by atoms with E-state index in [1.165, 1.54) is 0 Å². The molecule has 1 heterocycles. The molecule has 1 aromatic rings. The molecule has 1 aromatic carbocycles. The van der Waals surface area contributed by atoms with Crippen molar-refractivity contribution in [2.24, 2.45) is 11.7 Å². The van der Waals surface area contributed by atoms with Crippen LogP contribution in [0.25, 0.3) is 0 Å². The first-order chi connectivity index (χ1) is 10.2. The Morgan fingerprint density at radius 2 is 2.32 bits per heavy atom. The molecule has 1 saturated heterocycles. The highest BCUT2D eigenvalue weighted by Gasteiger charge is 2.22. The summed E-state index contributed by atoms with van der Waals surface area (Å²) in [6, 6.07) is 9.55. The summed E-state index contributed by atoms with van der Waals surface area (Å²) in [7, 11) is 0. The van der Waals surface area contributed by atoms with Crippen LogP contribution in [0.1, 0.15) is 24.0 Å². The Balaban J connectivity index is 0.00000242. The summed E-state index contributed by atoms with van der Waals surface area (Å²) >= 11 is 0. The van der Waals surface area contributed by atoms with Crippen LogP contribution in [0.3, 0.4) is 0 Å². The lowest BCUT2D eigenvalue weighted by atomic mass is 9.99. The van der Waals surface area contributed by atoms with Crippen LogP contribution in [-0.4, -0.2) is 37.0 Å². The van der Waals surface area contributed by atoms with Gasteiger partial charge in [0.1, 0.15) is 0 Å². The molecule has 0 saturated carbocycles. The standard InChI is InChI=1S/C16H21N3O2.ClH/c17-8-13-3-1-4-14(7-13)11-21-12-15-5-2-6-19(10-15)16(20)9-18;/h1,3-4,7,15H,2,5-6,9-12,18H2;1H. The smallest absolute Gasteiger partial charge is 0.236 e. The third-order valence-electron chi connectivity index (χ3n) is 3.72. The third kappa shape index (κ3) is 5.30. The Labute approximate surface area is 137 Å². The molecule has 1 fully saturated rings. The van der Waals surface area contributed by atoms with Crippen molar-refractivity contribution in [1.29, 1.82) is 5.26 Å². The molecule has 0 bridgehead atoms. The summed E-state index contributed by atoms with van der Waals surface area (Å²) in [5.74, 6) is 0.384. The second-order valence-electron chi connectivity index (χ2n) is 5.38. The summed E-state index contributed by atoms with van der Waals surface area (Å²) in [5.41, 5.74) is 7.05. The Morgan fingerprint density at radius 3 is 3.05 bits per heavy atom. The molecule has 0 aromatic heterocycles. The van der Waals surface area contributed by atoms with Gasteiger partial charge in [0.15, 0.2) is 0 Å². The predicted octanol–water partition coefficient (Wildman–Crippen LogP) is 1.69. The molecule has 2 N–H and O–H groups in total. The first kappa shape index (κ1) is 18.4. The molecule has 2 rings (SSSR count). The first-order valence-electron chi connectivity index (χ1n) is 7.27. The predicted molar refractivity (Wildman–Crippen MR) is 86.4 cm³/mol. The molecule has 0 spiro atoms. The van der Waals surface area contributed by atoms with Crippen molar-refractivity contribution in [3.8, 4) is 6.07 Å². The van der Waals surface area contributed by atoms with E-state index in [1.807, 2.05) is 23.1 Å². The van der Waals surface area contributed by atoms with E-state index in [2.05, 4.69) is 6.07 Å². The van der Waals surface area contributed by atoms with Gasteiger partial charge in [0.2, 0.25) is 5.91 Å². The van der Waals surface area contributed by atoms with Crippen molar-refractivity contribution in [2.45, 2.75) is 19.4 Å². The normalized spacial score (nSPS) is 17.5. The molecular weight excluding hydrogens is 302 g/mol. The molecule has 5 nitrogen and oxygen atoms in total. The Bertz CT molecular complexity index is 530. The van der Waals surface area contributed by atoms with Gasteiger partial charge in [0.25, 0.3) is 0 Å². The average Bonchev–Trinajstić information content (AvgIpc) is 2.54. The quantitative estimate of drug-likeness (QED) is 0.894. The molecule has 1 unspecified atom stereocenters. The van der Waals surface area contributed by atoms with Gasteiger partial charge < -0.3 is 15.4 Å². The first-order valence-corrected chi connectivity index (χ1v) is 7.27. The highest BCUT2D eigenvalue weighted by atomic mass is 35.5. The molecule has 6 heteroatoms. The van der Waals surface area contributed by atoms with Crippen molar-refractivity contribution < 1.29 is 9.53 Å². The van der Waals surface area contributed by atoms with Crippen molar-refractivity contribution in [3.05, 3.63) is 35.4 Å². The van der Waals surface area contributed by atoms with Crippen molar-refractivity contribution >= 4 is 18.3 Å². The zero-order valence-electron chi connectivity index (χ0n) is 12.5. The number of hydrogen-bond donors (Lipinski definition) is 1. The number of carbonyl (C=O) groups is 1. The maximum atomic E-state index is 11.6. The number of amides is 1. The maximum Gasteiger partial charge on any atom is 0.236 e. The number of benzene rings is 1. The molecule has 0 aliphatic carbocycles. The van der Waals surface area contributed by atoms with Gasteiger partial charge in [0, 0.05) is 13.1 Å². The van der Waals surface area contributed by atoms with E-state index >= 15 is 0 Å². The Morgan fingerprint density at radius 1 is 1.50 bits per heavy atom. The van der Waals surface area contributed by atoms with Crippen LogP contribution < -0.4 is 5.73 Å². The molecule has 1 aliphatic heterocycles. The van der Waals surface area contributed by atoms with Gasteiger partial charge in [-0.3, -0.25) is 4.79 Å². The number of rotatable bonds is 5.